The number of benzene rings is 1. The van der Waals surface area contributed by atoms with Crippen molar-refractivity contribution in [2.24, 2.45) is 5.92 Å². The predicted octanol–water partition coefficient (Wildman–Crippen LogP) is 3.99. The number of aromatic amines is 1. The third kappa shape index (κ3) is 3.67. The highest BCUT2D eigenvalue weighted by Crippen LogP contribution is 2.29. The molecule has 0 bridgehead atoms. The fourth-order valence-corrected chi connectivity index (χ4v) is 4.54. The molecule has 7 nitrogen and oxygen atoms in total. The van der Waals surface area contributed by atoms with E-state index in [4.69, 9.17) is 9.72 Å². The molecule has 0 unspecified atom stereocenters. The molecule has 1 aromatic carbocycles. The van der Waals surface area contributed by atoms with Gasteiger partial charge in [0.1, 0.15) is 5.75 Å². The Morgan fingerprint density at radius 1 is 1.26 bits per heavy atom. The molecule has 158 valence electrons. The Kier molecular flexibility index (Phi) is 4.94. The summed E-state index contributed by atoms with van der Waals surface area (Å²) in [5.74, 6) is 1.17. The second kappa shape index (κ2) is 7.91. The summed E-state index contributed by atoms with van der Waals surface area (Å²) < 4.78 is 7.52. The van der Waals surface area contributed by atoms with Gasteiger partial charge >= 0.3 is 0 Å². The average molecular weight is 415 g/mol. The van der Waals surface area contributed by atoms with Crippen molar-refractivity contribution in [3.8, 4) is 17.0 Å². The number of fused-ring (bicyclic) bond motifs is 1. The number of pyridine rings is 1. The zero-order valence-electron chi connectivity index (χ0n) is 17.7. The molecule has 0 radical (unpaired) electrons. The first kappa shape index (κ1) is 19.4. The third-order valence-corrected chi connectivity index (χ3v) is 6.11. The van der Waals surface area contributed by atoms with Crippen LogP contribution in [0.4, 0.5) is 0 Å². The summed E-state index contributed by atoms with van der Waals surface area (Å²) in [6, 6.07) is 13.8. The first-order chi connectivity index (χ1) is 15.1. The molecule has 4 heterocycles. The monoisotopic (exact) mass is 415 g/mol. The van der Waals surface area contributed by atoms with E-state index in [-0.39, 0.29) is 11.9 Å². The van der Waals surface area contributed by atoms with E-state index in [1.165, 1.54) is 0 Å². The Hall–Kier alpha value is -3.61. The second-order valence-electron chi connectivity index (χ2n) is 8.20. The predicted molar refractivity (Wildman–Crippen MR) is 119 cm³/mol. The number of hydrogen-bond acceptors (Lipinski definition) is 4. The topological polar surface area (TPSA) is 76.0 Å². The maximum Gasteiger partial charge on any atom is 0.254 e. The number of ether oxygens (including phenoxy) is 1. The van der Waals surface area contributed by atoms with Crippen LogP contribution in [-0.4, -0.2) is 50.3 Å². The number of carbonyl (C=O) groups excluding carboxylic acids is 1. The number of methoxy groups -OCH3 is 1. The van der Waals surface area contributed by atoms with Crippen LogP contribution in [0.2, 0.25) is 0 Å². The minimum absolute atomic E-state index is 0.0673. The molecular formula is C24H25N5O2. The van der Waals surface area contributed by atoms with Gasteiger partial charge in [0.2, 0.25) is 0 Å². The van der Waals surface area contributed by atoms with Gasteiger partial charge in [0.25, 0.3) is 5.91 Å². The third-order valence-electron chi connectivity index (χ3n) is 6.11. The molecule has 5 rings (SSSR count). The van der Waals surface area contributed by atoms with Crippen molar-refractivity contribution in [3.05, 3.63) is 66.6 Å². The first-order valence-corrected chi connectivity index (χ1v) is 10.5. The summed E-state index contributed by atoms with van der Waals surface area (Å²) in [7, 11) is 1.62. The zero-order valence-corrected chi connectivity index (χ0v) is 17.7. The maximum absolute atomic E-state index is 13.1. The van der Waals surface area contributed by atoms with E-state index in [1.807, 2.05) is 41.4 Å². The lowest BCUT2D eigenvalue weighted by Crippen LogP contribution is -2.34. The minimum atomic E-state index is 0.0673. The van der Waals surface area contributed by atoms with E-state index in [0.29, 0.717) is 17.2 Å². The van der Waals surface area contributed by atoms with Crippen LogP contribution in [0.25, 0.3) is 22.3 Å². The fourth-order valence-electron chi connectivity index (χ4n) is 4.54. The maximum atomic E-state index is 13.1. The van der Waals surface area contributed by atoms with Gasteiger partial charge in [0.05, 0.1) is 30.0 Å². The van der Waals surface area contributed by atoms with E-state index < -0.39 is 0 Å². The number of nitrogens with one attached hydrogen (secondary N) is 1. The first-order valence-electron chi connectivity index (χ1n) is 10.5. The summed E-state index contributed by atoms with van der Waals surface area (Å²) in [6.07, 6.45) is 6.70. The number of nitrogens with zero attached hydrogens (tertiary/aromatic N) is 4. The second-order valence-corrected chi connectivity index (χ2v) is 8.20. The van der Waals surface area contributed by atoms with Gasteiger partial charge in [-0.25, -0.2) is 4.98 Å². The summed E-state index contributed by atoms with van der Waals surface area (Å²) in [5.41, 5.74) is 4.63. The van der Waals surface area contributed by atoms with Crippen LogP contribution >= 0.6 is 0 Å². The molecule has 0 spiro atoms. The Morgan fingerprint density at radius 2 is 2.16 bits per heavy atom. The van der Waals surface area contributed by atoms with Crippen LogP contribution in [-0.2, 0) is 6.54 Å². The molecule has 3 aromatic heterocycles. The van der Waals surface area contributed by atoms with Gasteiger partial charge in [0, 0.05) is 42.7 Å². The van der Waals surface area contributed by atoms with Crippen molar-refractivity contribution in [1.82, 2.24) is 24.6 Å². The van der Waals surface area contributed by atoms with Gasteiger partial charge in [-0.2, -0.15) is 5.10 Å². The lowest BCUT2D eigenvalue weighted by Gasteiger charge is -2.22. The standard InChI is InChI=1S/C24H25N5O2/c1-16-10-17(15-29(16)24(30)18-4-3-5-20(11-18)31-2)14-28-9-8-22-23(28)7-6-21(27-22)19-12-25-26-13-19/h3-9,11-13,16-17H,10,14-15H2,1-2H3,(H,25,26)/t16-,17-/m1/s1. The van der Waals surface area contributed by atoms with Gasteiger partial charge in [0.15, 0.2) is 0 Å². The number of hydrogen-bond donors (Lipinski definition) is 1. The molecule has 2 atom stereocenters. The summed E-state index contributed by atoms with van der Waals surface area (Å²) in [5, 5.41) is 6.83. The number of likely N-dealkylation sites (tertiary alicyclic amines) is 1. The molecule has 1 aliphatic heterocycles. The van der Waals surface area contributed by atoms with E-state index in [2.05, 4.69) is 40.0 Å². The SMILES string of the molecule is COc1cccc(C(=O)N2C[C@@H](Cn3ccc4nc(-c5cn[nH]c5)ccc43)C[C@H]2C)c1. The number of H-pyrrole nitrogens is 1. The van der Waals surface area contributed by atoms with Crippen LogP contribution in [0.5, 0.6) is 5.75 Å². The van der Waals surface area contributed by atoms with Crippen molar-refractivity contribution in [3.63, 3.8) is 0 Å². The van der Waals surface area contributed by atoms with Crippen molar-refractivity contribution in [2.45, 2.75) is 25.9 Å². The van der Waals surface area contributed by atoms with Crippen molar-refractivity contribution < 1.29 is 9.53 Å². The highest BCUT2D eigenvalue weighted by molar-refractivity contribution is 5.95. The minimum Gasteiger partial charge on any atom is -0.497 e. The number of amides is 1. The van der Waals surface area contributed by atoms with E-state index >= 15 is 0 Å². The van der Waals surface area contributed by atoms with Crippen LogP contribution in [0.1, 0.15) is 23.7 Å². The molecule has 1 saturated heterocycles. The van der Waals surface area contributed by atoms with Gasteiger partial charge in [-0.1, -0.05) is 6.07 Å². The Bertz CT molecular complexity index is 1210. The smallest absolute Gasteiger partial charge is 0.254 e. The molecule has 0 saturated carbocycles. The Balaban J connectivity index is 1.32. The number of carbonyl (C=O) groups is 1. The van der Waals surface area contributed by atoms with E-state index in [0.717, 1.165) is 41.8 Å². The summed E-state index contributed by atoms with van der Waals surface area (Å²) in [4.78, 5) is 19.8. The van der Waals surface area contributed by atoms with Crippen molar-refractivity contribution in [2.75, 3.05) is 13.7 Å². The van der Waals surface area contributed by atoms with Gasteiger partial charge < -0.3 is 14.2 Å². The summed E-state index contributed by atoms with van der Waals surface area (Å²) >= 11 is 0. The molecule has 31 heavy (non-hydrogen) atoms. The molecule has 4 aromatic rings. The molecule has 1 amide bonds. The lowest BCUT2D eigenvalue weighted by molar-refractivity contribution is 0.0742. The van der Waals surface area contributed by atoms with Gasteiger partial charge in [-0.05, 0) is 55.7 Å². The Labute approximate surface area is 180 Å². The van der Waals surface area contributed by atoms with Crippen LogP contribution < -0.4 is 4.74 Å². The van der Waals surface area contributed by atoms with E-state index in [9.17, 15) is 4.79 Å². The average Bonchev–Trinajstić information content (AvgIpc) is 3.54. The van der Waals surface area contributed by atoms with Crippen molar-refractivity contribution >= 4 is 16.9 Å². The van der Waals surface area contributed by atoms with E-state index in [1.54, 1.807) is 13.3 Å². The number of rotatable bonds is 5. The van der Waals surface area contributed by atoms with Crippen LogP contribution in [0.15, 0.2) is 61.1 Å². The Morgan fingerprint density at radius 3 is 2.97 bits per heavy atom. The lowest BCUT2D eigenvalue weighted by atomic mass is 10.1. The van der Waals surface area contributed by atoms with Crippen LogP contribution in [0.3, 0.4) is 0 Å². The number of aromatic nitrogens is 4. The van der Waals surface area contributed by atoms with Gasteiger partial charge in [-0.3, -0.25) is 9.89 Å². The zero-order chi connectivity index (χ0) is 21.4. The highest BCUT2D eigenvalue weighted by Gasteiger charge is 2.33. The molecular weight excluding hydrogens is 390 g/mol. The van der Waals surface area contributed by atoms with Crippen LogP contribution in [0, 0.1) is 5.92 Å². The largest absolute Gasteiger partial charge is 0.497 e. The van der Waals surface area contributed by atoms with Crippen molar-refractivity contribution in [1.29, 1.82) is 0 Å². The highest BCUT2D eigenvalue weighted by atomic mass is 16.5. The molecule has 1 aliphatic rings. The molecule has 0 aliphatic carbocycles. The summed E-state index contributed by atoms with van der Waals surface area (Å²) in [6.45, 7) is 3.74. The quantitative estimate of drug-likeness (QED) is 0.535. The van der Waals surface area contributed by atoms with Gasteiger partial charge in [-0.15, -0.1) is 0 Å². The molecule has 1 fully saturated rings. The molecule has 7 heteroatoms. The molecule has 1 N–H and O–H groups in total. The fraction of sp³-hybridized carbons (Fsp3) is 0.292. The normalized spacial score (nSPS) is 18.6.